The lowest BCUT2D eigenvalue weighted by Crippen LogP contribution is -2.62. The zero-order valence-electron chi connectivity index (χ0n) is 20.6. The maximum atomic E-state index is 14.0. The summed E-state index contributed by atoms with van der Waals surface area (Å²) in [5.74, 6) is -1.65. The van der Waals surface area contributed by atoms with Gasteiger partial charge in [0, 0.05) is 42.7 Å². The molecule has 1 saturated heterocycles. The number of hydrogen-bond acceptors (Lipinski definition) is 5. The molecule has 7 rings (SSSR count). The van der Waals surface area contributed by atoms with Crippen LogP contribution in [0.3, 0.4) is 0 Å². The molecular formula is C31H29NO5. The predicted octanol–water partition coefficient (Wildman–Crippen LogP) is 4.26. The molecule has 3 aromatic carbocycles. The highest BCUT2D eigenvalue weighted by Gasteiger charge is 2.72. The molecule has 2 N–H and O–H groups in total. The molecule has 5 atom stereocenters. The number of hydrogen-bond donors (Lipinski definition) is 2. The normalized spacial score (nSPS) is 29.3. The monoisotopic (exact) mass is 495 g/mol. The fourth-order valence-electron chi connectivity index (χ4n) is 7.67. The fraction of sp³-hybridized carbons (Fsp3) is 0.323. The van der Waals surface area contributed by atoms with Crippen LogP contribution >= 0.6 is 0 Å². The molecule has 1 saturated carbocycles. The van der Waals surface area contributed by atoms with Gasteiger partial charge in [-0.05, 0) is 35.6 Å². The van der Waals surface area contributed by atoms with E-state index in [1.165, 1.54) is 6.92 Å². The number of Topliss-reactive ketones (excluding diaryl/α,β-unsaturated/α-hetero) is 1. The molecule has 3 aromatic rings. The first-order chi connectivity index (χ1) is 17.9. The summed E-state index contributed by atoms with van der Waals surface area (Å²) < 4.78 is 5.35. The summed E-state index contributed by atoms with van der Waals surface area (Å²) in [5, 5.41) is 14.2. The number of nitrogens with one attached hydrogen (secondary N) is 1. The van der Waals surface area contributed by atoms with Crippen molar-refractivity contribution in [1.82, 2.24) is 5.32 Å². The number of ether oxygens (including phenoxy) is 1. The first kappa shape index (κ1) is 23.6. The van der Waals surface area contributed by atoms with Gasteiger partial charge in [-0.3, -0.25) is 14.4 Å². The second kappa shape index (κ2) is 8.67. The third-order valence-electron chi connectivity index (χ3n) is 8.92. The molecule has 6 nitrogen and oxygen atoms in total. The van der Waals surface area contributed by atoms with Crippen LogP contribution in [0.25, 0.3) is 0 Å². The van der Waals surface area contributed by atoms with E-state index >= 15 is 0 Å². The molecule has 4 aliphatic rings. The van der Waals surface area contributed by atoms with E-state index in [0.717, 1.165) is 29.5 Å². The largest absolute Gasteiger partial charge is 0.481 e. The SMILES string of the molecule is CC(=O)Oc1ccccc1CC(=O)C1NCC2(C(=O)O)C3CCC(c4ccccc4)(c4ccccc43)C12. The molecule has 2 fully saturated rings. The van der Waals surface area contributed by atoms with E-state index in [-0.39, 0.29) is 24.7 Å². The van der Waals surface area contributed by atoms with Gasteiger partial charge >= 0.3 is 11.9 Å². The van der Waals surface area contributed by atoms with Gasteiger partial charge in [-0.1, -0.05) is 72.8 Å². The molecule has 3 aliphatic carbocycles. The van der Waals surface area contributed by atoms with Crippen molar-refractivity contribution in [1.29, 1.82) is 0 Å². The Labute approximate surface area is 215 Å². The minimum Gasteiger partial charge on any atom is -0.481 e. The molecule has 1 aliphatic heterocycles. The van der Waals surface area contributed by atoms with E-state index in [9.17, 15) is 19.5 Å². The Bertz CT molecular complexity index is 1400. The molecule has 0 spiro atoms. The van der Waals surface area contributed by atoms with Gasteiger partial charge in [-0.15, -0.1) is 0 Å². The van der Waals surface area contributed by atoms with Crippen LogP contribution in [0.1, 0.15) is 47.9 Å². The Morgan fingerprint density at radius 2 is 1.68 bits per heavy atom. The number of para-hydroxylation sites is 1. The summed E-state index contributed by atoms with van der Waals surface area (Å²) in [7, 11) is 0. The number of carboxylic acids is 1. The van der Waals surface area contributed by atoms with Gasteiger partial charge in [-0.25, -0.2) is 0 Å². The topological polar surface area (TPSA) is 92.7 Å². The molecule has 0 aromatic heterocycles. The lowest BCUT2D eigenvalue weighted by atomic mass is 9.41. The van der Waals surface area contributed by atoms with Crippen LogP contribution in [0.15, 0.2) is 78.9 Å². The number of carbonyl (C=O) groups is 3. The van der Waals surface area contributed by atoms with Gasteiger partial charge in [0.05, 0.1) is 11.5 Å². The summed E-state index contributed by atoms with van der Waals surface area (Å²) in [5.41, 5.74) is 2.19. The Kier molecular flexibility index (Phi) is 5.53. The zero-order chi connectivity index (χ0) is 25.8. The number of aliphatic carboxylic acids is 1. The number of rotatable bonds is 6. The van der Waals surface area contributed by atoms with Crippen LogP contribution in [0.2, 0.25) is 0 Å². The van der Waals surface area contributed by atoms with Crippen molar-refractivity contribution in [3.63, 3.8) is 0 Å². The molecule has 37 heavy (non-hydrogen) atoms. The van der Waals surface area contributed by atoms with Gasteiger partial charge in [0.2, 0.25) is 0 Å². The van der Waals surface area contributed by atoms with Crippen molar-refractivity contribution in [2.24, 2.45) is 11.3 Å². The number of benzene rings is 3. The average molecular weight is 496 g/mol. The van der Waals surface area contributed by atoms with E-state index in [1.54, 1.807) is 18.2 Å². The van der Waals surface area contributed by atoms with Crippen LogP contribution in [-0.2, 0) is 26.2 Å². The summed E-state index contributed by atoms with van der Waals surface area (Å²) in [4.78, 5) is 38.9. The maximum Gasteiger partial charge on any atom is 0.311 e. The van der Waals surface area contributed by atoms with Gasteiger partial charge in [0.15, 0.2) is 5.78 Å². The summed E-state index contributed by atoms with van der Waals surface area (Å²) in [6.45, 7) is 1.57. The standard InChI is InChI=1S/C31H29NO5/c1-19(33)37-26-14-8-5-9-20(26)17-25(34)27-28-30(21-10-3-2-4-11-21)16-15-24(22-12-6-7-13-23(22)30)31(28,18-32-27)29(35)36/h2-14,24,27-28,32H,15-18H2,1H3,(H,35,36). The molecule has 2 bridgehead atoms. The van der Waals surface area contributed by atoms with Gasteiger partial charge < -0.3 is 15.2 Å². The lowest BCUT2D eigenvalue weighted by molar-refractivity contribution is -0.158. The number of carbonyl (C=O) groups excluding carboxylic acids is 2. The Balaban J connectivity index is 1.50. The highest BCUT2D eigenvalue weighted by atomic mass is 16.5. The first-order valence-corrected chi connectivity index (χ1v) is 12.8. The molecule has 5 unspecified atom stereocenters. The first-order valence-electron chi connectivity index (χ1n) is 12.8. The summed E-state index contributed by atoms with van der Waals surface area (Å²) >= 11 is 0. The lowest BCUT2D eigenvalue weighted by Gasteiger charge is -2.60. The van der Waals surface area contributed by atoms with Gasteiger partial charge in [-0.2, -0.15) is 0 Å². The van der Waals surface area contributed by atoms with Crippen molar-refractivity contribution >= 4 is 17.7 Å². The smallest absolute Gasteiger partial charge is 0.311 e. The van der Waals surface area contributed by atoms with E-state index < -0.39 is 34.7 Å². The minimum atomic E-state index is -1.10. The minimum absolute atomic E-state index is 0.0461. The highest BCUT2D eigenvalue weighted by molar-refractivity contribution is 5.91. The second-order valence-corrected chi connectivity index (χ2v) is 10.5. The summed E-state index contributed by atoms with van der Waals surface area (Å²) in [6.07, 6.45) is 1.59. The maximum absolute atomic E-state index is 14.0. The van der Waals surface area contributed by atoms with Crippen molar-refractivity contribution in [2.75, 3.05) is 6.54 Å². The Hall–Kier alpha value is -3.77. The quantitative estimate of drug-likeness (QED) is 0.392. The molecular weight excluding hydrogens is 466 g/mol. The van der Waals surface area contributed by atoms with E-state index in [1.807, 2.05) is 36.4 Å². The number of esters is 1. The van der Waals surface area contributed by atoms with E-state index in [4.69, 9.17) is 4.74 Å². The van der Waals surface area contributed by atoms with Crippen LogP contribution in [-0.4, -0.2) is 35.4 Å². The Morgan fingerprint density at radius 3 is 2.43 bits per heavy atom. The molecule has 188 valence electrons. The van der Waals surface area contributed by atoms with E-state index in [0.29, 0.717) is 11.3 Å². The number of fused-ring (bicyclic) bond motifs is 1. The molecule has 6 heteroatoms. The number of ketones is 1. The Morgan fingerprint density at radius 1 is 0.973 bits per heavy atom. The van der Waals surface area contributed by atoms with E-state index in [2.05, 4.69) is 29.6 Å². The zero-order valence-corrected chi connectivity index (χ0v) is 20.6. The van der Waals surface area contributed by atoms with Crippen LogP contribution in [0, 0.1) is 11.3 Å². The molecule has 1 heterocycles. The van der Waals surface area contributed by atoms with Crippen molar-refractivity contribution < 1.29 is 24.2 Å². The van der Waals surface area contributed by atoms with Crippen molar-refractivity contribution in [3.8, 4) is 5.75 Å². The number of carboxylic acid groups (broad SMARTS) is 1. The van der Waals surface area contributed by atoms with Crippen molar-refractivity contribution in [3.05, 3.63) is 101 Å². The average Bonchev–Trinajstić information content (AvgIpc) is 3.34. The third kappa shape index (κ3) is 3.32. The van der Waals surface area contributed by atoms with Crippen LogP contribution in [0.5, 0.6) is 5.75 Å². The summed E-state index contributed by atoms with van der Waals surface area (Å²) in [6, 6.07) is 24.7. The van der Waals surface area contributed by atoms with Crippen LogP contribution < -0.4 is 10.1 Å². The molecule has 0 radical (unpaired) electrons. The predicted molar refractivity (Wildman–Crippen MR) is 137 cm³/mol. The third-order valence-corrected chi connectivity index (χ3v) is 8.92. The molecule has 0 amide bonds. The second-order valence-electron chi connectivity index (χ2n) is 10.5. The van der Waals surface area contributed by atoms with Gasteiger partial charge in [0.1, 0.15) is 5.75 Å². The van der Waals surface area contributed by atoms with Crippen LogP contribution in [0.4, 0.5) is 0 Å². The highest BCUT2D eigenvalue weighted by Crippen LogP contribution is 2.69. The van der Waals surface area contributed by atoms with Crippen molar-refractivity contribution in [2.45, 2.75) is 43.6 Å². The van der Waals surface area contributed by atoms with Gasteiger partial charge in [0.25, 0.3) is 0 Å². The fourth-order valence-corrected chi connectivity index (χ4v) is 7.67.